The van der Waals surface area contributed by atoms with Gasteiger partial charge in [0, 0.05) is 24.5 Å². The van der Waals surface area contributed by atoms with Gasteiger partial charge < -0.3 is 11.1 Å². The van der Waals surface area contributed by atoms with E-state index < -0.39 is 0 Å². The maximum atomic E-state index is 5.75. The van der Waals surface area contributed by atoms with Crippen LogP contribution in [0.25, 0.3) is 0 Å². The van der Waals surface area contributed by atoms with E-state index >= 15 is 0 Å². The lowest BCUT2D eigenvalue weighted by molar-refractivity contribution is 0.456. The van der Waals surface area contributed by atoms with E-state index in [0.29, 0.717) is 0 Å². The summed E-state index contributed by atoms with van der Waals surface area (Å²) in [5, 5.41) is 3.44. The molecule has 0 fully saturated rings. The summed E-state index contributed by atoms with van der Waals surface area (Å²) in [7, 11) is 0. The van der Waals surface area contributed by atoms with Crippen molar-refractivity contribution < 1.29 is 0 Å². The first-order valence-electron chi connectivity index (χ1n) is 6.37. The van der Waals surface area contributed by atoms with Crippen molar-refractivity contribution >= 4 is 0 Å². The van der Waals surface area contributed by atoms with Crippen LogP contribution in [0.1, 0.15) is 37.5 Å². The van der Waals surface area contributed by atoms with E-state index in [2.05, 4.69) is 51.2 Å². The fourth-order valence-electron chi connectivity index (χ4n) is 2.28. The predicted octanol–water partition coefficient (Wildman–Crippen LogP) is 2.52. The molecule has 0 spiro atoms. The first-order chi connectivity index (χ1) is 7.83. The molecule has 1 aromatic carbocycles. The third-order valence-electron chi connectivity index (χ3n) is 3.14. The number of aryl methyl sites for hydroxylation is 2. The van der Waals surface area contributed by atoms with E-state index in [1.54, 1.807) is 0 Å². The number of benzene rings is 1. The molecule has 17 heavy (non-hydrogen) atoms. The monoisotopic (exact) mass is 234 g/mol. The number of nitrogens with two attached hydrogens (primary N) is 1. The molecule has 0 heterocycles. The number of rotatable bonds is 5. The Balaban J connectivity index is 2.74. The molecule has 0 radical (unpaired) electrons. The second kappa shape index (κ2) is 5.65. The Hall–Kier alpha value is -0.860. The van der Waals surface area contributed by atoms with Crippen LogP contribution in [0.4, 0.5) is 0 Å². The van der Waals surface area contributed by atoms with Gasteiger partial charge >= 0.3 is 0 Å². The highest BCUT2D eigenvalue weighted by molar-refractivity contribution is 5.35. The molecule has 1 rings (SSSR count). The molecule has 0 saturated heterocycles. The fourth-order valence-corrected chi connectivity index (χ4v) is 2.28. The molecule has 0 aliphatic heterocycles. The smallest absolute Gasteiger partial charge is 0.0136 e. The van der Waals surface area contributed by atoms with E-state index in [1.807, 2.05) is 6.92 Å². The second-order valence-corrected chi connectivity index (χ2v) is 5.81. The zero-order chi connectivity index (χ0) is 13.1. The van der Waals surface area contributed by atoms with Crippen LogP contribution in [0.15, 0.2) is 18.2 Å². The third kappa shape index (κ3) is 4.14. The van der Waals surface area contributed by atoms with E-state index in [0.717, 1.165) is 13.1 Å². The number of nitrogens with one attached hydrogen (secondary N) is 1. The third-order valence-corrected chi connectivity index (χ3v) is 3.14. The van der Waals surface area contributed by atoms with Crippen molar-refractivity contribution in [2.45, 2.75) is 46.1 Å². The molecule has 0 bridgehead atoms. The van der Waals surface area contributed by atoms with Crippen LogP contribution in [0.3, 0.4) is 0 Å². The molecule has 96 valence electrons. The standard InChI is InChI=1S/C15H26N2/c1-11-6-7-14(12(2)8-11)15(4,5)10-17-9-13(3)16/h6-8,13,17H,9-10,16H2,1-5H3. The Morgan fingerprint density at radius 1 is 1.29 bits per heavy atom. The first-order valence-corrected chi connectivity index (χ1v) is 6.37. The minimum atomic E-state index is 0.146. The molecular formula is C15H26N2. The van der Waals surface area contributed by atoms with Gasteiger partial charge in [-0.2, -0.15) is 0 Å². The molecule has 3 N–H and O–H groups in total. The predicted molar refractivity (Wildman–Crippen MR) is 75.5 cm³/mol. The molecule has 0 aliphatic rings. The summed E-state index contributed by atoms with van der Waals surface area (Å²) in [4.78, 5) is 0. The van der Waals surface area contributed by atoms with Gasteiger partial charge in [0.15, 0.2) is 0 Å². The average molecular weight is 234 g/mol. The first kappa shape index (κ1) is 14.2. The highest BCUT2D eigenvalue weighted by Gasteiger charge is 2.21. The molecule has 1 unspecified atom stereocenters. The van der Waals surface area contributed by atoms with Crippen LogP contribution in [0, 0.1) is 13.8 Å². The molecule has 0 aromatic heterocycles. The number of hydrogen-bond acceptors (Lipinski definition) is 2. The Morgan fingerprint density at radius 3 is 2.47 bits per heavy atom. The fraction of sp³-hybridized carbons (Fsp3) is 0.600. The van der Waals surface area contributed by atoms with Gasteiger partial charge in [-0.25, -0.2) is 0 Å². The highest BCUT2D eigenvalue weighted by atomic mass is 14.9. The Labute approximate surface area is 106 Å². The summed E-state index contributed by atoms with van der Waals surface area (Å²) in [5.41, 5.74) is 10.0. The maximum Gasteiger partial charge on any atom is 0.0136 e. The zero-order valence-electron chi connectivity index (χ0n) is 11.8. The van der Waals surface area contributed by atoms with Gasteiger partial charge in [0.2, 0.25) is 0 Å². The summed E-state index contributed by atoms with van der Waals surface area (Å²) in [6.07, 6.45) is 0. The summed E-state index contributed by atoms with van der Waals surface area (Å²) in [5.74, 6) is 0. The van der Waals surface area contributed by atoms with Gasteiger partial charge in [0.1, 0.15) is 0 Å². The summed E-state index contributed by atoms with van der Waals surface area (Å²) < 4.78 is 0. The number of hydrogen-bond donors (Lipinski definition) is 2. The lowest BCUT2D eigenvalue weighted by atomic mass is 9.81. The Bertz CT molecular complexity index is 367. The molecule has 0 saturated carbocycles. The van der Waals surface area contributed by atoms with E-state index in [-0.39, 0.29) is 11.5 Å². The van der Waals surface area contributed by atoms with Crippen LogP contribution in [-0.4, -0.2) is 19.1 Å². The summed E-state index contributed by atoms with van der Waals surface area (Å²) in [6, 6.07) is 6.90. The minimum absolute atomic E-state index is 0.146. The van der Waals surface area contributed by atoms with E-state index in [9.17, 15) is 0 Å². The molecular weight excluding hydrogens is 208 g/mol. The van der Waals surface area contributed by atoms with Crippen LogP contribution in [0.2, 0.25) is 0 Å². The molecule has 1 aromatic rings. The SMILES string of the molecule is Cc1ccc(C(C)(C)CNCC(C)N)c(C)c1. The van der Waals surface area contributed by atoms with Crippen LogP contribution < -0.4 is 11.1 Å². The van der Waals surface area contributed by atoms with Crippen LogP contribution in [0.5, 0.6) is 0 Å². The zero-order valence-corrected chi connectivity index (χ0v) is 11.8. The van der Waals surface area contributed by atoms with Crippen LogP contribution in [-0.2, 0) is 5.41 Å². The van der Waals surface area contributed by atoms with Gasteiger partial charge in [0.25, 0.3) is 0 Å². The van der Waals surface area contributed by atoms with Crippen LogP contribution >= 0.6 is 0 Å². The minimum Gasteiger partial charge on any atom is -0.327 e. The summed E-state index contributed by atoms with van der Waals surface area (Å²) in [6.45, 7) is 12.7. The van der Waals surface area contributed by atoms with Crippen molar-refractivity contribution in [1.29, 1.82) is 0 Å². The second-order valence-electron chi connectivity index (χ2n) is 5.81. The van der Waals surface area contributed by atoms with Gasteiger partial charge in [-0.15, -0.1) is 0 Å². The lowest BCUT2D eigenvalue weighted by Crippen LogP contribution is -2.39. The van der Waals surface area contributed by atoms with E-state index in [4.69, 9.17) is 5.73 Å². The molecule has 2 heteroatoms. The van der Waals surface area contributed by atoms with E-state index in [1.165, 1.54) is 16.7 Å². The van der Waals surface area contributed by atoms with Gasteiger partial charge in [-0.1, -0.05) is 37.6 Å². The topological polar surface area (TPSA) is 38.0 Å². The van der Waals surface area contributed by atoms with Gasteiger partial charge in [-0.05, 0) is 31.9 Å². The average Bonchev–Trinajstić information content (AvgIpc) is 2.15. The van der Waals surface area contributed by atoms with Crippen molar-refractivity contribution in [1.82, 2.24) is 5.32 Å². The lowest BCUT2D eigenvalue weighted by Gasteiger charge is -2.28. The normalized spacial score (nSPS) is 13.8. The van der Waals surface area contributed by atoms with Crippen molar-refractivity contribution in [2.75, 3.05) is 13.1 Å². The summed E-state index contributed by atoms with van der Waals surface area (Å²) >= 11 is 0. The van der Waals surface area contributed by atoms with Crippen molar-refractivity contribution in [3.63, 3.8) is 0 Å². The molecule has 2 nitrogen and oxygen atoms in total. The van der Waals surface area contributed by atoms with Gasteiger partial charge in [0.05, 0.1) is 0 Å². The Morgan fingerprint density at radius 2 is 1.94 bits per heavy atom. The van der Waals surface area contributed by atoms with Crippen molar-refractivity contribution in [2.24, 2.45) is 5.73 Å². The van der Waals surface area contributed by atoms with Gasteiger partial charge in [-0.3, -0.25) is 0 Å². The maximum absolute atomic E-state index is 5.75. The van der Waals surface area contributed by atoms with Crippen molar-refractivity contribution in [3.8, 4) is 0 Å². The highest BCUT2D eigenvalue weighted by Crippen LogP contribution is 2.26. The molecule has 0 amide bonds. The van der Waals surface area contributed by atoms with Crippen molar-refractivity contribution in [3.05, 3.63) is 34.9 Å². The largest absolute Gasteiger partial charge is 0.327 e. The molecule has 1 atom stereocenters. The quantitative estimate of drug-likeness (QED) is 0.821. The Kier molecular flexibility index (Phi) is 4.72. The molecule has 0 aliphatic carbocycles.